The molecule has 0 saturated heterocycles. The number of halogens is 4. The van der Waals surface area contributed by atoms with Crippen LogP contribution < -0.4 is 0 Å². The van der Waals surface area contributed by atoms with Gasteiger partial charge in [0.25, 0.3) is 0 Å². The van der Waals surface area contributed by atoms with Crippen molar-refractivity contribution >= 4 is 30.1 Å². The summed E-state index contributed by atoms with van der Waals surface area (Å²) in [6.45, 7) is 0. The fourth-order valence-electron chi connectivity index (χ4n) is 0.0619. The Morgan fingerprint density at radius 1 is 1.43 bits per heavy atom. The molecule has 0 aromatic carbocycles. The largest absolute Gasteiger partial charge is 0.398 e. The van der Waals surface area contributed by atoms with Crippen LogP contribution >= 0.6 is 30.1 Å². The van der Waals surface area contributed by atoms with Gasteiger partial charge in [-0.1, -0.05) is 8.93 Å². The SMILES string of the molecule is FC(F)(F)CSI. The first-order valence-corrected chi connectivity index (χ1v) is 4.89. The molecule has 0 bridgehead atoms. The molecule has 0 fully saturated rings. The van der Waals surface area contributed by atoms with Crippen molar-refractivity contribution in [3.05, 3.63) is 0 Å². The van der Waals surface area contributed by atoms with E-state index in [9.17, 15) is 13.2 Å². The lowest BCUT2D eigenvalue weighted by molar-refractivity contribution is -0.104. The molecule has 0 N–H and O–H groups in total. The maximum atomic E-state index is 11.0. The highest BCUT2D eigenvalue weighted by Gasteiger charge is 2.25. The first-order chi connectivity index (χ1) is 3.06. The van der Waals surface area contributed by atoms with Crippen molar-refractivity contribution in [2.24, 2.45) is 0 Å². The van der Waals surface area contributed by atoms with Gasteiger partial charge in [0.05, 0.1) is 5.75 Å². The first kappa shape index (κ1) is 7.87. The van der Waals surface area contributed by atoms with E-state index in [1.165, 1.54) is 0 Å². The summed E-state index contributed by atoms with van der Waals surface area (Å²) in [6.07, 6.45) is -3.99. The Kier molecular flexibility index (Phi) is 3.38. The van der Waals surface area contributed by atoms with Crippen LogP contribution in [-0.4, -0.2) is 11.9 Å². The normalized spacial score (nSPS) is 12.0. The number of hydrogen-bond acceptors (Lipinski definition) is 1. The lowest BCUT2D eigenvalue weighted by Gasteiger charge is -1.98. The summed E-state index contributed by atoms with van der Waals surface area (Å²) >= 11 is 1.61. The highest BCUT2D eigenvalue weighted by atomic mass is 127. The lowest BCUT2D eigenvalue weighted by Crippen LogP contribution is -2.08. The topological polar surface area (TPSA) is 0 Å². The molecule has 5 heteroatoms. The van der Waals surface area contributed by atoms with Crippen molar-refractivity contribution in [3.63, 3.8) is 0 Å². The molecule has 0 saturated carbocycles. The Hall–Kier alpha value is 0.870. The molecule has 0 nitrogen and oxygen atoms in total. The zero-order valence-corrected chi connectivity index (χ0v) is 6.10. The molecular weight excluding hydrogens is 240 g/mol. The first-order valence-electron chi connectivity index (χ1n) is 1.36. The van der Waals surface area contributed by atoms with Crippen molar-refractivity contribution in [2.45, 2.75) is 6.18 Å². The Balaban J connectivity index is 3.15. The third-order valence-electron chi connectivity index (χ3n) is 0.218. The average Bonchev–Trinajstić information content (AvgIpc) is 1.30. The van der Waals surface area contributed by atoms with Crippen LogP contribution in [0.15, 0.2) is 0 Å². The molecule has 7 heavy (non-hydrogen) atoms. The highest BCUT2D eigenvalue weighted by molar-refractivity contribution is 14.2. The molecule has 0 aromatic rings. The Morgan fingerprint density at radius 2 is 1.86 bits per heavy atom. The fraction of sp³-hybridized carbons (Fsp3) is 1.00. The van der Waals surface area contributed by atoms with E-state index in [4.69, 9.17) is 0 Å². The van der Waals surface area contributed by atoms with Gasteiger partial charge < -0.3 is 0 Å². The van der Waals surface area contributed by atoms with Crippen LogP contribution in [-0.2, 0) is 0 Å². The van der Waals surface area contributed by atoms with Crippen LogP contribution in [0.3, 0.4) is 0 Å². The van der Waals surface area contributed by atoms with Gasteiger partial charge in [-0.15, -0.1) is 0 Å². The van der Waals surface area contributed by atoms with Crippen molar-refractivity contribution in [2.75, 3.05) is 5.75 Å². The van der Waals surface area contributed by atoms with Crippen LogP contribution in [0.5, 0.6) is 0 Å². The summed E-state index contributed by atoms with van der Waals surface area (Å²) in [7, 11) is 0.754. The van der Waals surface area contributed by atoms with Crippen LogP contribution in [0.1, 0.15) is 0 Å². The zero-order chi connectivity index (χ0) is 5.91. The van der Waals surface area contributed by atoms with Gasteiger partial charge in [0.15, 0.2) is 0 Å². The van der Waals surface area contributed by atoms with Crippen LogP contribution in [0.25, 0.3) is 0 Å². The van der Waals surface area contributed by atoms with Gasteiger partial charge in [0.2, 0.25) is 0 Å². The third-order valence-corrected chi connectivity index (χ3v) is 1.59. The van der Waals surface area contributed by atoms with E-state index in [1.54, 1.807) is 21.2 Å². The molecule has 0 atom stereocenters. The molecule has 0 radical (unpaired) electrons. The summed E-state index contributed by atoms with van der Waals surface area (Å²) in [5.41, 5.74) is 0. The van der Waals surface area contributed by atoms with Crippen LogP contribution in [0.4, 0.5) is 13.2 Å². The maximum Gasteiger partial charge on any atom is 0.398 e. The van der Waals surface area contributed by atoms with E-state index < -0.39 is 11.9 Å². The Labute approximate surface area is 55.4 Å². The second-order valence-corrected chi connectivity index (χ2v) is 3.24. The van der Waals surface area contributed by atoms with E-state index in [1.807, 2.05) is 0 Å². The van der Waals surface area contributed by atoms with Crippen LogP contribution in [0.2, 0.25) is 0 Å². The summed E-state index contributed by atoms with van der Waals surface area (Å²) < 4.78 is 33.1. The van der Waals surface area contributed by atoms with E-state index >= 15 is 0 Å². The number of rotatable bonds is 1. The van der Waals surface area contributed by atoms with E-state index in [0.717, 1.165) is 8.93 Å². The smallest absolute Gasteiger partial charge is 0.170 e. The second-order valence-electron chi connectivity index (χ2n) is 0.869. The summed E-state index contributed by atoms with van der Waals surface area (Å²) in [6, 6.07) is 0. The van der Waals surface area contributed by atoms with Gasteiger partial charge >= 0.3 is 6.18 Å². The standard InChI is InChI=1S/C2H2F3IS/c3-2(4,5)1-7-6/h1H2. The minimum absolute atomic E-state index is 0.754. The molecule has 0 rings (SSSR count). The molecule has 0 heterocycles. The average molecular weight is 242 g/mol. The fourth-order valence-corrected chi connectivity index (χ4v) is 1.24. The number of alkyl halides is 3. The van der Waals surface area contributed by atoms with Gasteiger partial charge in [-0.3, -0.25) is 0 Å². The molecule has 0 aliphatic rings. The van der Waals surface area contributed by atoms with Crippen molar-refractivity contribution in [3.8, 4) is 0 Å². The van der Waals surface area contributed by atoms with Gasteiger partial charge in [-0.25, -0.2) is 0 Å². The Bertz CT molecular complexity index is 51.4. The minimum atomic E-state index is -3.99. The molecule has 0 aromatic heterocycles. The van der Waals surface area contributed by atoms with Gasteiger partial charge in [-0.05, 0) is 21.2 Å². The molecule has 0 aliphatic carbocycles. The monoisotopic (exact) mass is 242 g/mol. The predicted molar refractivity (Wildman–Crippen MR) is 32.5 cm³/mol. The van der Waals surface area contributed by atoms with E-state index in [0.29, 0.717) is 0 Å². The summed E-state index contributed by atoms with van der Waals surface area (Å²) in [5, 5.41) is 0. The zero-order valence-electron chi connectivity index (χ0n) is 3.13. The molecular formula is C2H2F3IS. The van der Waals surface area contributed by atoms with Crippen molar-refractivity contribution < 1.29 is 13.2 Å². The molecule has 44 valence electrons. The summed E-state index contributed by atoms with van der Waals surface area (Å²) in [5.74, 6) is -0.756. The van der Waals surface area contributed by atoms with Gasteiger partial charge in [0, 0.05) is 0 Å². The molecule has 0 spiro atoms. The summed E-state index contributed by atoms with van der Waals surface area (Å²) in [4.78, 5) is 0. The molecule has 0 amide bonds. The highest BCUT2D eigenvalue weighted by Crippen LogP contribution is 2.24. The van der Waals surface area contributed by atoms with Crippen molar-refractivity contribution in [1.82, 2.24) is 0 Å². The quantitative estimate of drug-likeness (QED) is 0.637. The molecule has 0 aliphatic heterocycles. The van der Waals surface area contributed by atoms with Gasteiger partial charge in [0.1, 0.15) is 0 Å². The number of hydrogen-bond donors (Lipinski definition) is 0. The molecule has 0 unspecified atom stereocenters. The van der Waals surface area contributed by atoms with E-state index in [-0.39, 0.29) is 0 Å². The lowest BCUT2D eigenvalue weighted by atomic mass is 10.8. The second kappa shape index (κ2) is 3.01. The van der Waals surface area contributed by atoms with Gasteiger partial charge in [-0.2, -0.15) is 13.2 Å². The van der Waals surface area contributed by atoms with Crippen LogP contribution in [0, 0.1) is 0 Å². The van der Waals surface area contributed by atoms with Crippen molar-refractivity contribution in [1.29, 1.82) is 0 Å². The predicted octanol–water partition coefficient (Wildman–Crippen LogP) is 2.63. The minimum Gasteiger partial charge on any atom is -0.170 e. The van der Waals surface area contributed by atoms with E-state index in [2.05, 4.69) is 0 Å². The maximum absolute atomic E-state index is 11.0. The third kappa shape index (κ3) is 6.87. The Morgan fingerprint density at radius 3 is 1.86 bits per heavy atom.